The third-order valence-electron chi connectivity index (χ3n) is 5.55. The van der Waals surface area contributed by atoms with E-state index in [2.05, 4.69) is 15.2 Å². The van der Waals surface area contributed by atoms with Gasteiger partial charge in [-0.05, 0) is 18.9 Å². The highest BCUT2D eigenvalue weighted by molar-refractivity contribution is 6.05. The molecular formula is C20H29N5O3. The van der Waals surface area contributed by atoms with Gasteiger partial charge in [-0.2, -0.15) is 0 Å². The summed E-state index contributed by atoms with van der Waals surface area (Å²) in [6.07, 6.45) is 7.83. The lowest BCUT2D eigenvalue weighted by molar-refractivity contribution is -0.131. The third kappa shape index (κ3) is 4.43. The molecule has 0 unspecified atom stereocenters. The van der Waals surface area contributed by atoms with Crippen LogP contribution >= 0.6 is 0 Å². The zero-order valence-electron chi connectivity index (χ0n) is 16.7. The smallest absolute Gasteiger partial charge is 0.326 e. The quantitative estimate of drug-likeness (QED) is 0.778. The van der Waals surface area contributed by atoms with Crippen LogP contribution in [0.5, 0.6) is 0 Å². The molecule has 2 fully saturated rings. The molecule has 2 saturated heterocycles. The van der Waals surface area contributed by atoms with Gasteiger partial charge >= 0.3 is 6.03 Å². The van der Waals surface area contributed by atoms with Gasteiger partial charge in [0.2, 0.25) is 5.91 Å². The number of hydrogen-bond acceptors (Lipinski definition) is 5. The first-order valence-corrected chi connectivity index (χ1v) is 9.99. The van der Waals surface area contributed by atoms with Crippen LogP contribution in [0.4, 0.5) is 10.6 Å². The van der Waals surface area contributed by atoms with Crippen LogP contribution in [0, 0.1) is 0 Å². The number of rotatable bonds is 5. The van der Waals surface area contributed by atoms with Crippen molar-refractivity contribution in [1.29, 1.82) is 0 Å². The zero-order valence-corrected chi connectivity index (χ0v) is 16.7. The van der Waals surface area contributed by atoms with Crippen LogP contribution in [-0.4, -0.2) is 65.9 Å². The summed E-state index contributed by atoms with van der Waals surface area (Å²) in [4.78, 5) is 45.6. The second-order valence-electron chi connectivity index (χ2n) is 7.53. The fourth-order valence-electron chi connectivity index (χ4n) is 3.83. The lowest BCUT2D eigenvalue weighted by Crippen LogP contribution is -2.37. The Labute approximate surface area is 165 Å². The molecule has 1 aromatic heterocycles. The standard InChI is InChI=1S/C20H29N5O3/c1-23-16(19(27)24(2)20(23)28)13-17(26)22-14-15-9-8-10-21-18(15)25-11-6-4-3-5-7-12-25/h8-10,16H,3-7,11-14H2,1-2H3,(H,22,26)/t16-/m1/s1. The molecule has 152 valence electrons. The van der Waals surface area contributed by atoms with Gasteiger partial charge in [0.15, 0.2) is 0 Å². The van der Waals surface area contributed by atoms with Crippen molar-refractivity contribution in [2.24, 2.45) is 0 Å². The molecule has 0 aromatic carbocycles. The molecule has 0 saturated carbocycles. The number of imide groups is 1. The van der Waals surface area contributed by atoms with Gasteiger partial charge in [0, 0.05) is 45.5 Å². The van der Waals surface area contributed by atoms with E-state index in [1.807, 2.05) is 12.1 Å². The van der Waals surface area contributed by atoms with Crippen molar-refractivity contribution in [3.05, 3.63) is 23.9 Å². The average Bonchev–Trinajstić information content (AvgIpc) is 2.84. The van der Waals surface area contributed by atoms with Crippen LogP contribution in [0.1, 0.15) is 44.1 Å². The molecule has 2 aliphatic heterocycles. The van der Waals surface area contributed by atoms with E-state index in [0.29, 0.717) is 6.54 Å². The van der Waals surface area contributed by atoms with Crippen LogP contribution in [0.15, 0.2) is 18.3 Å². The fourth-order valence-corrected chi connectivity index (χ4v) is 3.83. The highest BCUT2D eigenvalue weighted by Gasteiger charge is 2.41. The molecule has 1 atom stereocenters. The number of carbonyl (C=O) groups is 3. The van der Waals surface area contributed by atoms with Gasteiger partial charge in [-0.25, -0.2) is 9.78 Å². The van der Waals surface area contributed by atoms with E-state index in [4.69, 9.17) is 0 Å². The van der Waals surface area contributed by atoms with Crippen molar-refractivity contribution < 1.29 is 14.4 Å². The second-order valence-corrected chi connectivity index (χ2v) is 7.53. The molecule has 8 nitrogen and oxygen atoms in total. The summed E-state index contributed by atoms with van der Waals surface area (Å²) in [6, 6.07) is 2.73. The SMILES string of the molecule is CN1C(=O)[C@@H](CC(=O)NCc2cccnc2N2CCCCCCC2)N(C)C1=O. The zero-order chi connectivity index (χ0) is 20.1. The maximum absolute atomic E-state index is 12.4. The molecule has 3 rings (SSSR count). The Balaban J connectivity index is 1.61. The number of nitrogens with one attached hydrogen (secondary N) is 1. The Morgan fingerprint density at radius 1 is 1.14 bits per heavy atom. The lowest BCUT2D eigenvalue weighted by Gasteiger charge is -2.27. The lowest BCUT2D eigenvalue weighted by atomic mass is 10.1. The first-order valence-electron chi connectivity index (χ1n) is 9.99. The van der Waals surface area contributed by atoms with Crippen molar-refractivity contribution in [3.63, 3.8) is 0 Å². The summed E-state index contributed by atoms with van der Waals surface area (Å²) in [6.45, 7) is 2.31. The van der Waals surface area contributed by atoms with Crippen molar-refractivity contribution >= 4 is 23.7 Å². The number of amides is 4. The van der Waals surface area contributed by atoms with Crippen molar-refractivity contribution in [2.75, 3.05) is 32.1 Å². The number of carbonyl (C=O) groups excluding carboxylic acids is 3. The molecule has 8 heteroatoms. The monoisotopic (exact) mass is 387 g/mol. The van der Waals surface area contributed by atoms with Crippen LogP contribution in [0.2, 0.25) is 0 Å². The second kappa shape index (κ2) is 9.03. The Kier molecular flexibility index (Phi) is 6.49. The van der Waals surface area contributed by atoms with Gasteiger partial charge in [-0.1, -0.05) is 25.3 Å². The van der Waals surface area contributed by atoms with Gasteiger partial charge in [-0.15, -0.1) is 0 Å². The highest BCUT2D eigenvalue weighted by Crippen LogP contribution is 2.21. The number of urea groups is 1. The van der Waals surface area contributed by atoms with E-state index in [1.54, 1.807) is 13.2 Å². The molecule has 28 heavy (non-hydrogen) atoms. The van der Waals surface area contributed by atoms with Gasteiger partial charge in [-0.3, -0.25) is 14.5 Å². The number of aromatic nitrogens is 1. The maximum Gasteiger partial charge on any atom is 0.326 e. The topological polar surface area (TPSA) is 85.8 Å². The summed E-state index contributed by atoms with van der Waals surface area (Å²) >= 11 is 0. The Bertz CT molecular complexity index is 730. The van der Waals surface area contributed by atoms with Gasteiger partial charge in [0.25, 0.3) is 5.91 Å². The highest BCUT2D eigenvalue weighted by atomic mass is 16.2. The third-order valence-corrected chi connectivity index (χ3v) is 5.55. The van der Waals surface area contributed by atoms with E-state index in [0.717, 1.165) is 42.2 Å². The largest absolute Gasteiger partial charge is 0.356 e. The summed E-state index contributed by atoms with van der Waals surface area (Å²) in [5.74, 6) is 0.329. The molecule has 0 spiro atoms. The van der Waals surface area contributed by atoms with E-state index in [9.17, 15) is 14.4 Å². The molecule has 2 aliphatic rings. The summed E-state index contributed by atoms with van der Waals surface area (Å²) in [7, 11) is 2.98. The van der Waals surface area contributed by atoms with Gasteiger partial charge in [0.05, 0.1) is 6.42 Å². The molecule has 1 aromatic rings. The first kappa shape index (κ1) is 20.1. The molecule has 1 N–H and O–H groups in total. The van der Waals surface area contributed by atoms with Crippen LogP contribution in [0.3, 0.4) is 0 Å². The van der Waals surface area contributed by atoms with E-state index < -0.39 is 6.04 Å². The minimum Gasteiger partial charge on any atom is -0.356 e. The minimum absolute atomic E-state index is 0.0370. The Hall–Kier alpha value is -2.64. The molecule has 0 radical (unpaired) electrons. The average molecular weight is 387 g/mol. The van der Waals surface area contributed by atoms with Crippen molar-refractivity contribution in [2.45, 2.75) is 51.1 Å². The maximum atomic E-state index is 12.4. The first-order chi connectivity index (χ1) is 13.5. The number of nitrogens with zero attached hydrogens (tertiary/aromatic N) is 4. The predicted octanol–water partition coefficient (Wildman–Crippen LogP) is 1.75. The van der Waals surface area contributed by atoms with Crippen LogP contribution in [0.25, 0.3) is 0 Å². The van der Waals surface area contributed by atoms with E-state index in [1.165, 1.54) is 31.2 Å². The Morgan fingerprint density at radius 3 is 2.46 bits per heavy atom. The predicted molar refractivity (Wildman–Crippen MR) is 106 cm³/mol. The summed E-state index contributed by atoms with van der Waals surface area (Å²) in [5, 5.41) is 2.89. The molecule has 3 heterocycles. The normalized spacial score (nSPS) is 20.9. The van der Waals surface area contributed by atoms with Crippen LogP contribution < -0.4 is 10.2 Å². The van der Waals surface area contributed by atoms with Gasteiger partial charge < -0.3 is 15.1 Å². The Morgan fingerprint density at radius 2 is 1.82 bits per heavy atom. The number of hydrogen-bond donors (Lipinski definition) is 1. The molecular weight excluding hydrogens is 358 g/mol. The number of anilines is 1. The van der Waals surface area contributed by atoms with E-state index >= 15 is 0 Å². The number of likely N-dealkylation sites (N-methyl/N-ethyl adjacent to an activating group) is 2. The molecule has 0 aliphatic carbocycles. The summed E-state index contributed by atoms with van der Waals surface area (Å²) in [5.41, 5.74) is 0.968. The molecule has 0 bridgehead atoms. The summed E-state index contributed by atoms with van der Waals surface area (Å²) < 4.78 is 0. The van der Waals surface area contributed by atoms with Crippen LogP contribution in [-0.2, 0) is 16.1 Å². The number of pyridine rings is 1. The molecule has 4 amide bonds. The van der Waals surface area contributed by atoms with E-state index in [-0.39, 0.29) is 24.3 Å². The fraction of sp³-hybridized carbons (Fsp3) is 0.600. The van der Waals surface area contributed by atoms with Gasteiger partial charge in [0.1, 0.15) is 11.9 Å². The van der Waals surface area contributed by atoms with Crippen molar-refractivity contribution in [1.82, 2.24) is 20.1 Å². The minimum atomic E-state index is -0.736. The van der Waals surface area contributed by atoms with Crippen molar-refractivity contribution in [3.8, 4) is 0 Å².